The minimum atomic E-state index is -1.83. The van der Waals surface area contributed by atoms with Crippen LogP contribution in [0.5, 0.6) is 0 Å². The number of carbonyl (C=O) groups is 3. The third-order valence-corrected chi connectivity index (χ3v) is 8.65. The largest absolute Gasteiger partial charge is 0.503 e. The number of carboxylic acid groups (broad SMARTS) is 2. The van der Waals surface area contributed by atoms with Crippen molar-refractivity contribution in [2.24, 2.45) is 28.6 Å². The summed E-state index contributed by atoms with van der Waals surface area (Å²) in [5, 5.41) is 45.7. The van der Waals surface area contributed by atoms with E-state index in [1.165, 1.54) is 5.57 Å². The van der Waals surface area contributed by atoms with Crippen LogP contribution in [0.2, 0.25) is 0 Å². The average molecular weight is 424 g/mol. The van der Waals surface area contributed by atoms with Gasteiger partial charge in [-0.1, -0.05) is 19.4 Å². The number of rotatable bonds is 2. The van der Waals surface area contributed by atoms with Crippen LogP contribution in [0.15, 0.2) is 11.6 Å². The fourth-order valence-corrected chi connectivity index (χ4v) is 7.28. The maximum absolute atomic E-state index is 12.4. The van der Waals surface area contributed by atoms with Crippen molar-refractivity contribution in [1.29, 1.82) is 0 Å². The van der Waals surface area contributed by atoms with Crippen molar-refractivity contribution >= 4 is 17.7 Å². The highest BCUT2D eigenvalue weighted by atomic mass is 16.6. The number of aliphatic hydroxyl groups is 3. The summed E-state index contributed by atoms with van der Waals surface area (Å²) >= 11 is 0. The lowest BCUT2D eigenvalue weighted by molar-refractivity contribution is -0.182. The Morgan fingerprint density at radius 3 is 2.37 bits per heavy atom. The Balaban J connectivity index is 0.000000589. The molecule has 4 rings (SSSR count). The summed E-state index contributed by atoms with van der Waals surface area (Å²) in [5.74, 6) is 0.140. The molecule has 0 heterocycles. The van der Waals surface area contributed by atoms with Crippen LogP contribution < -0.4 is 0 Å². The molecule has 8 heteroatoms. The maximum Gasteiger partial charge on any atom is 0.503 e. The highest BCUT2D eigenvalue weighted by molar-refractivity contribution is 5.91. The molecule has 0 bridgehead atoms. The summed E-state index contributed by atoms with van der Waals surface area (Å²) in [4.78, 5) is 32.8. The first-order valence-electron chi connectivity index (χ1n) is 10.6. The molecule has 0 spiro atoms. The predicted molar refractivity (Wildman–Crippen MR) is 106 cm³/mol. The Bertz CT molecular complexity index is 771. The molecule has 0 aromatic rings. The van der Waals surface area contributed by atoms with Gasteiger partial charge in [0.05, 0.1) is 6.10 Å². The normalized spacial score (nSPS) is 44.6. The molecule has 0 radical (unpaired) electrons. The zero-order valence-electron chi connectivity index (χ0n) is 17.5. The molecule has 0 amide bonds. The molecular weight excluding hydrogens is 392 g/mol. The summed E-state index contributed by atoms with van der Waals surface area (Å²) in [7, 11) is 0. The molecule has 0 unspecified atom stereocenters. The SMILES string of the molecule is C[C@]12CCC(=O)C=C1CC[C@@H]1[C@@H]2[C@@H](O)C[C@@]2(C)[C@H]1CC[C@]2(O)C(=O)CO.O=C(O)O. The van der Waals surface area contributed by atoms with Crippen LogP contribution in [-0.2, 0) is 9.59 Å². The molecule has 4 aliphatic rings. The van der Waals surface area contributed by atoms with Gasteiger partial charge in [0, 0.05) is 11.8 Å². The van der Waals surface area contributed by atoms with Gasteiger partial charge in [0.25, 0.3) is 0 Å². The first kappa shape index (κ1) is 22.9. The van der Waals surface area contributed by atoms with E-state index in [9.17, 15) is 24.9 Å². The third-order valence-electron chi connectivity index (χ3n) is 8.65. The lowest BCUT2D eigenvalue weighted by atomic mass is 9.45. The van der Waals surface area contributed by atoms with Crippen molar-refractivity contribution in [3.8, 4) is 0 Å². The van der Waals surface area contributed by atoms with Gasteiger partial charge in [-0.05, 0) is 67.8 Å². The smallest absolute Gasteiger partial charge is 0.450 e. The number of carbonyl (C=O) groups excluding carboxylic acids is 2. The number of allylic oxidation sites excluding steroid dienone is 1. The molecule has 0 aliphatic heterocycles. The number of fused-ring (bicyclic) bond motifs is 5. The van der Waals surface area contributed by atoms with Gasteiger partial charge in [-0.15, -0.1) is 0 Å². The summed E-state index contributed by atoms with van der Waals surface area (Å²) in [6.45, 7) is 3.46. The van der Waals surface area contributed by atoms with E-state index in [0.29, 0.717) is 19.3 Å². The zero-order chi connectivity index (χ0) is 22.5. The van der Waals surface area contributed by atoms with Gasteiger partial charge in [0.2, 0.25) is 0 Å². The van der Waals surface area contributed by atoms with Crippen LogP contribution in [0.3, 0.4) is 0 Å². The minimum Gasteiger partial charge on any atom is -0.450 e. The van der Waals surface area contributed by atoms with Gasteiger partial charge >= 0.3 is 6.16 Å². The monoisotopic (exact) mass is 424 g/mol. The third kappa shape index (κ3) is 3.29. The molecule has 7 atom stereocenters. The van der Waals surface area contributed by atoms with Crippen molar-refractivity contribution in [1.82, 2.24) is 0 Å². The number of ketones is 2. The summed E-state index contributed by atoms with van der Waals surface area (Å²) in [6, 6.07) is 0. The average Bonchev–Trinajstić information content (AvgIpc) is 2.92. The van der Waals surface area contributed by atoms with Crippen LogP contribution >= 0.6 is 0 Å². The quantitative estimate of drug-likeness (QED) is 0.451. The van der Waals surface area contributed by atoms with Gasteiger partial charge in [0.1, 0.15) is 12.2 Å². The van der Waals surface area contributed by atoms with Crippen LogP contribution in [0, 0.1) is 28.6 Å². The summed E-state index contributed by atoms with van der Waals surface area (Å²) in [5.41, 5.74) is -1.23. The van der Waals surface area contributed by atoms with Crippen LogP contribution in [0.1, 0.15) is 58.8 Å². The summed E-state index contributed by atoms with van der Waals surface area (Å²) in [6.07, 6.45) is 3.90. The van der Waals surface area contributed by atoms with E-state index >= 15 is 0 Å². The van der Waals surface area contributed by atoms with E-state index in [-0.39, 0.29) is 29.0 Å². The number of Topliss-reactive ketones (excluding diaryl/α,β-unsaturated/α-hetero) is 1. The fourth-order valence-electron chi connectivity index (χ4n) is 7.28. The topological polar surface area (TPSA) is 152 Å². The van der Waals surface area contributed by atoms with Crippen LogP contribution in [0.25, 0.3) is 0 Å². The Labute approximate surface area is 175 Å². The van der Waals surface area contributed by atoms with Gasteiger partial charge < -0.3 is 25.5 Å². The van der Waals surface area contributed by atoms with Crippen molar-refractivity contribution in [2.45, 2.75) is 70.5 Å². The van der Waals surface area contributed by atoms with Crippen molar-refractivity contribution in [3.63, 3.8) is 0 Å². The lowest BCUT2D eigenvalue weighted by Gasteiger charge is -2.60. The molecular formula is C22H32O8. The fraction of sp³-hybridized carbons (Fsp3) is 0.773. The molecule has 3 saturated carbocycles. The van der Waals surface area contributed by atoms with E-state index in [1.54, 1.807) is 6.08 Å². The molecule has 5 N–H and O–H groups in total. The highest BCUT2D eigenvalue weighted by Gasteiger charge is 2.68. The Hall–Kier alpha value is -1.77. The van der Waals surface area contributed by atoms with Crippen molar-refractivity contribution < 1.29 is 39.9 Å². The molecule has 0 aromatic heterocycles. The van der Waals surface area contributed by atoms with Gasteiger partial charge in [0.15, 0.2) is 11.6 Å². The molecule has 168 valence electrons. The maximum atomic E-state index is 12.4. The van der Waals surface area contributed by atoms with E-state index in [2.05, 4.69) is 6.92 Å². The van der Waals surface area contributed by atoms with Crippen molar-refractivity contribution in [3.05, 3.63) is 11.6 Å². The molecule has 8 nitrogen and oxygen atoms in total. The standard InChI is InChI=1S/C21H30O5.CH2O3/c1-19-7-5-13(23)9-12(19)3-4-14-15-6-8-21(26,17(25)11-22)20(15,2)10-16(24)18(14)19;2-1(3)4/h9,14-16,18,22,24,26H,3-8,10-11H2,1-2H3;(H2,2,3,4)/t14-,15-,16-,18+,19-,20-,21-;/m0./s1. The summed E-state index contributed by atoms with van der Waals surface area (Å²) < 4.78 is 0. The number of aliphatic hydroxyl groups excluding tert-OH is 2. The number of hydrogen-bond donors (Lipinski definition) is 5. The predicted octanol–water partition coefficient (Wildman–Crippen LogP) is 2.00. The van der Waals surface area contributed by atoms with E-state index in [1.807, 2.05) is 6.92 Å². The van der Waals surface area contributed by atoms with Crippen molar-refractivity contribution in [2.75, 3.05) is 6.61 Å². The highest BCUT2D eigenvalue weighted by Crippen LogP contribution is 2.67. The van der Waals surface area contributed by atoms with Gasteiger partial charge in [-0.2, -0.15) is 0 Å². The van der Waals surface area contributed by atoms with E-state index < -0.39 is 35.7 Å². The van der Waals surface area contributed by atoms with Crippen LogP contribution in [0.4, 0.5) is 4.79 Å². The van der Waals surface area contributed by atoms with Crippen LogP contribution in [-0.4, -0.2) is 61.6 Å². The Kier molecular flexibility index (Phi) is 5.90. The molecule has 3 fully saturated rings. The number of hydrogen-bond acceptors (Lipinski definition) is 6. The molecule has 0 aromatic carbocycles. The van der Waals surface area contributed by atoms with E-state index in [4.69, 9.17) is 15.0 Å². The first-order chi connectivity index (χ1) is 13.9. The zero-order valence-corrected chi connectivity index (χ0v) is 17.5. The van der Waals surface area contributed by atoms with Gasteiger partial charge in [-0.3, -0.25) is 9.59 Å². The second kappa shape index (κ2) is 7.73. The lowest BCUT2D eigenvalue weighted by Crippen LogP contribution is -2.62. The minimum absolute atomic E-state index is 0.0697. The Morgan fingerprint density at radius 1 is 1.13 bits per heavy atom. The Morgan fingerprint density at radius 2 is 1.77 bits per heavy atom. The second-order valence-electron chi connectivity index (χ2n) is 9.84. The van der Waals surface area contributed by atoms with E-state index in [0.717, 1.165) is 25.7 Å². The second-order valence-corrected chi connectivity index (χ2v) is 9.84. The molecule has 30 heavy (non-hydrogen) atoms. The molecule has 0 saturated heterocycles. The van der Waals surface area contributed by atoms with Gasteiger partial charge in [-0.25, -0.2) is 4.79 Å². The molecule has 4 aliphatic carbocycles. The first-order valence-corrected chi connectivity index (χ1v) is 10.6.